The van der Waals surface area contributed by atoms with E-state index in [1.165, 1.54) is 26.4 Å². The lowest BCUT2D eigenvalue weighted by molar-refractivity contribution is 0.0469. The molecule has 0 saturated heterocycles. The molecule has 0 unspecified atom stereocenters. The highest BCUT2D eigenvalue weighted by molar-refractivity contribution is 6.33. The molecular weight excluding hydrogens is 410 g/mol. The van der Waals surface area contributed by atoms with Gasteiger partial charge in [-0.15, -0.1) is 0 Å². The van der Waals surface area contributed by atoms with Gasteiger partial charge in [0.05, 0.1) is 24.9 Å². The van der Waals surface area contributed by atoms with Gasteiger partial charge in [0.1, 0.15) is 0 Å². The van der Waals surface area contributed by atoms with E-state index in [-0.39, 0.29) is 10.7 Å². The standard InChI is InChI=1S/C21H20ClN3O5/c1-12-9-13(2)25(24-12)19-8-6-15(22)20(23-19)21(27)30-11-16(26)14-5-7-17(28-3)18(10-14)29-4/h5-10H,11H2,1-4H3. The maximum Gasteiger partial charge on any atom is 0.359 e. The van der Waals surface area contributed by atoms with Crippen LogP contribution in [0.25, 0.3) is 5.82 Å². The number of carbonyl (C=O) groups excluding carboxylic acids is 2. The van der Waals surface area contributed by atoms with Crippen molar-refractivity contribution in [2.45, 2.75) is 13.8 Å². The number of halogens is 1. The number of hydrogen-bond acceptors (Lipinski definition) is 7. The maximum absolute atomic E-state index is 12.5. The average molecular weight is 430 g/mol. The summed E-state index contributed by atoms with van der Waals surface area (Å²) in [5, 5.41) is 4.45. The predicted molar refractivity (Wildman–Crippen MR) is 110 cm³/mol. The number of rotatable bonds is 7. The van der Waals surface area contributed by atoms with E-state index in [1.807, 2.05) is 19.9 Å². The van der Waals surface area contributed by atoms with Gasteiger partial charge in [0.15, 0.2) is 35.4 Å². The van der Waals surface area contributed by atoms with Crippen molar-refractivity contribution in [2.24, 2.45) is 0 Å². The zero-order chi connectivity index (χ0) is 21.8. The Morgan fingerprint density at radius 3 is 2.40 bits per heavy atom. The minimum absolute atomic E-state index is 0.0955. The third kappa shape index (κ3) is 4.44. The van der Waals surface area contributed by atoms with Crippen LogP contribution >= 0.6 is 11.6 Å². The van der Waals surface area contributed by atoms with Gasteiger partial charge in [-0.1, -0.05) is 11.6 Å². The number of Topliss-reactive ketones (excluding diaryl/α,β-unsaturated/α-hetero) is 1. The van der Waals surface area contributed by atoms with Crippen LogP contribution in [0.15, 0.2) is 36.4 Å². The molecule has 0 fully saturated rings. The van der Waals surface area contributed by atoms with Gasteiger partial charge in [-0.2, -0.15) is 5.10 Å². The third-order valence-electron chi connectivity index (χ3n) is 4.29. The number of esters is 1. The van der Waals surface area contributed by atoms with E-state index >= 15 is 0 Å². The van der Waals surface area contributed by atoms with Gasteiger partial charge in [0.2, 0.25) is 0 Å². The Balaban J connectivity index is 1.75. The zero-order valence-electron chi connectivity index (χ0n) is 16.9. The van der Waals surface area contributed by atoms with Gasteiger partial charge in [0.25, 0.3) is 0 Å². The van der Waals surface area contributed by atoms with Gasteiger partial charge in [-0.25, -0.2) is 14.5 Å². The zero-order valence-corrected chi connectivity index (χ0v) is 17.7. The number of hydrogen-bond donors (Lipinski definition) is 0. The number of ether oxygens (including phenoxy) is 3. The van der Waals surface area contributed by atoms with E-state index in [1.54, 1.807) is 22.9 Å². The molecule has 2 aromatic heterocycles. The van der Waals surface area contributed by atoms with Crippen LogP contribution in [0.4, 0.5) is 0 Å². The van der Waals surface area contributed by atoms with Crippen molar-refractivity contribution in [1.29, 1.82) is 0 Å². The van der Waals surface area contributed by atoms with E-state index in [2.05, 4.69) is 10.1 Å². The van der Waals surface area contributed by atoms with Crippen LogP contribution in [0.2, 0.25) is 5.02 Å². The number of nitrogens with zero attached hydrogens (tertiary/aromatic N) is 3. The van der Waals surface area contributed by atoms with Gasteiger partial charge in [-0.05, 0) is 50.2 Å². The second-order valence-electron chi connectivity index (χ2n) is 6.41. The molecule has 0 spiro atoms. The van der Waals surface area contributed by atoms with E-state index < -0.39 is 18.4 Å². The number of ketones is 1. The van der Waals surface area contributed by atoms with Crippen LogP contribution in [-0.4, -0.2) is 47.3 Å². The van der Waals surface area contributed by atoms with Crippen LogP contribution in [0.1, 0.15) is 32.2 Å². The van der Waals surface area contributed by atoms with Crippen LogP contribution in [0, 0.1) is 13.8 Å². The molecule has 0 atom stereocenters. The molecule has 0 radical (unpaired) electrons. The number of pyridine rings is 1. The number of benzene rings is 1. The molecule has 1 aromatic carbocycles. The normalized spacial score (nSPS) is 10.6. The third-order valence-corrected chi connectivity index (χ3v) is 4.60. The second-order valence-corrected chi connectivity index (χ2v) is 6.82. The molecule has 156 valence electrons. The number of aryl methyl sites for hydroxylation is 2. The highest BCUT2D eigenvalue weighted by atomic mass is 35.5. The summed E-state index contributed by atoms with van der Waals surface area (Å²) in [7, 11) is 2.97. The van der Waals surface area contributed by atoms with Crippen LogP contribution in [0.3, 0.4) is 0 Å². The van der Waals surface area contributed by atoms with Crippen molar-refractivity contribution in [3.63, 3.8) is 0 Å². The minimum Gasteiger partial charge on any atom is -0.493 e. The van der Waals surface area contributed by atoms with Gasteiger partial charge < -0.3 is 14.2 Å². The van der Waals surface area contributed by atoms with Gasteiger partial charge in [-0.3, -0.25) is 4.79 Å². The summed E-state index contributed by atoms with van der Waals surface area (Å²) in [6.07, 6.45) is 0. The van der Waals surface area contributed by atoms with E-state index in [4.69, 9.17) is 25.8 Å². The van der Waals surface area contributed by atoms with Gasteiger partial charge in [0, 0.05) is 11.3 Å². The molecule has 0 aliphatic rings. The van der Waals surface area contributed by atoms with Crippen molar-refractivity contribution in [1.82, 2.24) is 14.8 Å². The summed E-state index contributed by atoms with van der Waals surface area (Å²) in [4.78, 5) is 29.2. The summed E-state index contributed by atoms with van der Waals surface area (Å²) in [6.45, 7) is 3.25. The lowest BCUT2D eigenvalue weighted by Crippen LogP contribution is -2.16. The fourth-order valence-corrected chi connectivity index (χ4v) is 3.03. The molecule has 3 aromatic rings. The first kappa shape index (κ1) is 21.3. The van der Waals surface area contributed by atoms with Crippen LogP contribution in [-0.2, 0) is 4.74 Å². The minimum atomic E-state index is -0.808. The molecule has 0 amide bonds. The lowest BCUT2D eigenvalue weighted by Gasteiger charge is -2.10. The number of methoxy groups -OCH3 is 2. The molecule has 8 nitrogen and oxygen atoms in total. The molecule has 30 heavy (non-hydrogen) atoms. The first-order valence-corrected chi connectivity index (χ1v) is 9.34. The predicted octanol–water partition coefficient (Wildman–Crippen LogP) is 3.59. The Hall–Kier alpha value is -3.39. The molecule has 0 saturated carbocycles. The molecule has 0 bridgehead atoms. The summed E-state index contributed by atoms with van der Waals surface area (Å²) >= 11 is 6.12. The van der Waals surface area contributed by atoms with E-state index in [9.17, 15) is 9.59 Å². The highest BCUT2D eigenvalue weighted by Gasteiger charge is 2.19. The Labute approximate surface area is 178 Å². The fourth-order valence-electron chi connectivity index (χ4n) is 2.85. The topological polar surface area (TPSA) is 92.5 Å². The number of carbonyl (C=O) groups is 2. The highest BCUT2D eigenvalue weighted by Crippen LogP contribution is 2.27. The first-order chi connectivity index (χ1) is 14.3. The smallest absolute Gasteiger partial charge is 0.359 e. The Kier molecular flexibility index (Phi) is 6.37. The summed E-state index contributed by atoms with van der Waals surface area (Å²) in [5.74, 6) is 0.0930. The summed E-state index contributed by atoms with van der Waals surface area (Å²) < 4.78 is 17.1. The summed E-state index contributed by atoms with van der Waals surface area (Å²) in [5.41, 5.74) is 1.89. The van der Waals surface area contributed by atoms with Crippen molar-refractivity contribution in [3.05, 3.63) is 64.1 Å². The van der Waals surface area contributed by atoms with Gasteiger partial charge >= 0.3 is 5.97 Å². The lowest BCUT2D eigenvalue weighted by atomic mass is 10.1. The molecule has 9 heteroatoms. The second kappa shape index (κ2) is 8.96. The fraction of sp³-hybridized carbons (Fsp3) is 0.238. The molecule has 2 heterocycles. The Morgan fingerprint density at radius 2 is 1.77 bits per heavy atom. The molecular formula is C21H20ClN3O5. The molecule has 0 aliphatic carbocycles. The van der Waals surface area contributed by atoms with Crippen molar-refractivity contribution in [3.8, 4) is 17.3 Å². The average Bonchev–Trinajstić information content (AvgIpc) is 3.09. The summed E-state index contributed by atoms with van der Waals surface area (Å²) in [6, 6.07) is 9.75. The number of aromatic nitrogens is 3. The molecule has 0 N–H and O–H groups in total. The monoisotopic (exact) mass is 429 g/mol. The van der Waals surface area contributed by atoms with E-state index in [0.29, 0.717) is 22.9 Å². The molecule has 3 rings (SSSR count). The Morgan fingerprint density at radius 1 is 1.03 bits per heavy atom. The van der Waals surface area contributed by atoms with Crippen molar-refractivity contribution < 1.29 is 23.8 Å². The van der Waals surface area contributed by atoms with Crippen molar-refractivity contribution in [2.75, 3.05) is 20.8 Å². The van der Waals surface area contributed by atoms with Crippen LogP contribution < -0.4 is 9.47 Å². The molecule has 0 aliphatic heterocycles. The van der Waals surface area contributed by atoms with Crippen molar-refractivity contribution >= 4 is 23.4 Å². The first-order valence-electron chi connectivity index (χ1n) is 8.96. The maximum atomic E-state index is 12.5. The SMILES string of the molecule is COc1ccc(C(=O)COC(=O)c2nc(-n3nc(C)cc3C)ccc2Cl)cc1OC. The van der Waals surface area contributed by atoms with E-state index in [0.717, 1.165) is 11.4 Å². The van der Waals surface area contributed by atoms with Crippen LogP contribution in [0.5, 0.6) is 11.5 Å². The largest absolute Gasteiger partial charge is 0.493 e. The Bertz CT molecular complexity index is 1110. The quantitative estimate of drug-likeness (QED) is 0.418.